The van der Waals surface area contributed by atoms with Gasteiger partial charge in [0, 0.05) is 38.1 Å². The number of aliphatic hydroxyl groups is 1. The molecule has 0 radical (unpaired) electrons. The lowest BCUT2D eigenvalue weighted by atomic mass is 10.0. The van der Waals surface area contributed by atoms with E-state index in [1.54, 1.807) is 29.8 Å². The molecule has 4 heterocycles. The van der Waals surface area contributed by atoms with E-state index < -0.39 is 5.60 Å². The van der Waals surface area contributed by atoms with Crippen molar-refractivity contribution >= 4 is 28.4 Å². The van der Waals surface area contributed by atoms with Gasteiger partial charge in [0.15, 0.2) is 11.5 Å². The number of likely N-dealkylation sites (N-methyl/N-ethyl adjacent to an activating group) is 1. The fourth-order valence-electron chi connectivity index (χ4n) is 5.39. The Labute approximate surface area is 225 Å². The Balaban J connectivity index is 1.37. The van der Waals surface area contributed by atoms with E-state index >= 15 is 4.39 Å². The third kappa shape index (κ3) is 4.47. The SMILES string of the molecule is C=CCn1c(=O)c2cnc(Nc3ccc(N4CCN(C)CC4)c(F)c3)nc2n1-c1ccc2c(n1)[C@@](C)(O)CC2. The van der Waals surface area contributed by atoms with E-state index in [0.717, 1.165) is 38.2 Å². The van der Waals surface area contributed by atoms with Crippen LogP contribution in [0.2, 0.25) is 0 Å². The summed E-state index contributed by atoms with van der Waals surface area (Å²) < 4.78 is 18.2. The van der Waals surface area contributed by atoms with E-state index in [1.165, 1.54) is 16.9 Å². The normalized spacial score (nSPS) is 19.4. The van der Waals surface area contributed by atoms with E-state index in [-0.39, 0.29) is 23.9 Å². The molecule has 39 heavy (non-hydrogen) atoms. The van der Waals surface area contributed by atoms with Gasteiger partial charge in [-0.2, -0.15) is 4.98 Å². The van der Waals surface area contributed by atoms with Gasteiger partial charge < -0.3 is 20.2 Å². The summed E-state index contributed by atoms with van der Waals surface area (Å²) in [7, 11) is 2.06. The highest BCUT2D eigenvalue weighted by Gasteiger charge is 2.34. The molecular formula is C28H31FN8O2. The van der Waals surface area contributed by atoms with Crippen LogP contribution in [0.4, 0.5) is 21.7 Å². The molecule has 0 saturated carbocycles. The Morgan fingerprint density at radius 3 is 2.72 bits per heavy atom. The summed E-state index contributed by atoms with van der Waals surface area (Å²) >= 11 is 0. The maximum atomic E-state index is 15.1. The van der Waals surface area contributed by atoms with E-state index in [2.05, 4.69) is 33.8 Å². The Morgan fingerprint density at radius 1 is 1.18 bits per heavy atom. The second-order valence-corrected chi connectivity index (χ2v) is 10.5. The first-order valence-electron chi connectivity index (χ1n) is 13.1. The van der Waals surface area contributed by atoms with E-state index in [4.69, 9.17) is 4.98 Å². The van der Waals surface area contributed by atoms with Gasteiger partial charge in [0.25, 0.3) is 5.56 Å². The van der Waals surface area contributed by atoms with Gasteiger partial charge in [0.2, 0.25) is 5.95 Å². The number of halogens is 1. The van der Waals surface area contributed by atoms with Gasteiger partial charge in [-0.15, -0.1) is 6.58 Å². The Kier molecular flexibility index (Phi) is 6.19. The van der Waals surface area contributed by atoms with Crippen molar-refractivity contribution in [2.45, 2.75) is 31.9 Å². The molecule has 0 spiro atoms. The predicted molar refractivity (Wildman–Crippen MR) is 148 cm³/mol. The molecular weight excluding hydrogens is 499 g/mol. The molecule has 1 aromatic carbocycles. The van der Waals surface area contributed by atoms with Crippen LogP contribution >= 0.6 is 0 Å². The zero-order valence-corrected chi connectivity index (χ0v) is 22.1. The topological polar surface area (TPSA) is 104 Å². The molecule has 1 aliphatic carbocycles. The highest BCUT2D eigenvalue weighted by atomic mass is 19.1. The largest absolute Gasteiger partial charge is 0.384 e. The lowest BCUT2D eigenvalue weighted by Gasteiger charge is -2.34. The number of piperazine rings is 1. The fourth-order valence-corrected chi connectivity index (χ4v) is 5.39. The van der Waals surface area contributed by atoms with Crippen LogP contribution < -0.4 is 15.8 Å². The van der Waals surface area contributed by atoms with Gasteiger partial charge in [-0.3, -0.25) is 4.79 Å². The van der Waals surface area contributed by atoms with Crippen LogP contribution in [0, 0.1) is 5.82 Å². The molecule has 2 aliphatic rings. The van der Waals surface area contributed by atoms with Crippen LogP contribution in [0.5, 0.6) is 0 Å². The molecule has 4 aromatic rings. The quantitative estimate of drug-likeness (QED) is 0.367. The highest BCUT2D eigenvalue weighted by Crippen LogP contribution is 2.35. The predicted octanol–water partition coefficient (Wildman–Crippen LogP) is 2.95. The van der Waals surface area contributed by atoms with Crippen molar-refractivity contribution in [2.24, 2.45) is 0 Å². The molecule has 0 unspecified atom stereocenters. The monoisotopic (exact) mass is 530 g/mol. The van der Waals surface area contributed by atoms with E-state index in [0.29, 0.717) is 40.3 Å². The first kappa shape index (κ1) is 25.2. The summed E-state index contributed by atoms with van der Waals surface area (Å²) in [6, 6.07) is 8.74. The van der Waals surface area contributed by atoms with Gasteiger partial charge in [-0.1, -0.05) is 12.1 Å². The van der Waals surface area contributed by atoms with Crippen LogP contribution in [-0.4, -0.2) is 67.5 Å². The first-order chi connectivity index (χ1) is 18.7. The Bertz CT molecular complexity index is 1630. The molecule has 0 amide bonds. The molecule has 11 heteroatoms. The van der Waals surface area contributed by atoms with Crippen molar-refractivity contribution in [3.05, 3.63) is 76.6 Å². The van der Waals surface area contributed by atoms with Gasteiger partial charge in [0.05, 0.1) is 17.9 Å². The van der Waals surface area contributed by atoms with Gasteiger partial charge >= 0.3 is 0 Å². The average Bonchev–Trinajstić information content (AvgIpc) is 3.37. The zero-order chi connectivity index (χ0) is 27.3. The van der Waals surface area contributed by atoms with Crippen LogP contribution in [-0.2, 0) is 18.6 Å². The minimum absolute atomic E-state index is 0.215. The van der Waals surface area contributed by atoms with Gasteiger partial charge in [-0.25, -0.2) is 23.7 Å². The minimum Gasteiger partial charge on any atom is -0.384 e. The van der Waals surface area contributed by atoms with Crippen molar-refractivity contribution in [1.29, 1.82) is 0 Å². The summed E-state index contributed by atoms with van der Waals surface area (Å²) in [6.45, 7) is 9.07. The molecule has 3 aromatic heterocycles. The molecule has 2 N–H and O–H groups in total. The highest BCUT2D eigenvalue weighted by molar-refractivity contribution is 5.77. The third-order valence-electron chi connectivity index (χ3n) is 7.60. The molecule has 1 aliphatic heterocycles. The van der Waals surface area contributed by atoms with E-state index in [1.807, 2.05) is 17.0 Å². The third-order valence-corrected chi connectivity index (χ3v) is 7.60. The smallest absolute Gasteiger partial charge is 0.278 e. The molecule has 202 valence electrons. The van der Waals surface area contributed by atoms with Crippen LogP contribution in [0.25, 0.3) is 16.9 Å². The molecule has 1 atom stereocenters. The second kappa shape index (κ2) is 9.58. The molecule has 0 bridgehead atoms. The van der Waals surface area contributed by atoms with Crippen LogP contribution in [0.1, 0.15) is 24.6 Å². The lowest BCUT2D eigenvalue weighted by molar-refractivity contribution is 0.0553. The number of anilines is 3. The number of fused-ring (bicyclic) bond motifs is 2. The number of hydrogen-bond acceptors (Lipinski definition) is 8. The number of hydrogen-bond donors (Lipinski definition) is 2. The maximum Gasteiger partial charge on any atom is 0.278 e. The number of aryl methyl sites for hydroxylation is 1. The summed E-state index contributed by atoms with van der Waals surface area (Å²) in [6.07, 6.45) is 4.41. The van der Waals surface area contributed by atoms with Crippen LogP contribution in [0.3, 0.4) is 0 Å². The van der Waals surface area contributed by atoms with Gasteiger partial charge in [0.1, 0.15) is 16.8 Å². The number of nitrogens with one attached hydrogen (secondary N) is 1. The molecule has 1 fully saturated rings. The number of allylic oxidation sites excluding steroid dienone is 1. The van der Waals surface area contributed by atoms with Crippen LogP contribution in [0.15, 0.2) is 54.0 Å². The number of rotatable bonds is 6. The molecule has 10 nitrogen and oxygen atoms in total. The fraction of sp³-hybridized carbons (Fsp3) is 0.357. The summed E-state index contributed by atoms with van der Waals surface area (Å²) in [4.78, 5) is 31.2. The zero-order valence-electron chi connectivity index (χ0n) is 22.1. The number of pyridine rings is 1. The lowest BCUT2D eigenvalue weighted by Crippen LogP contribution is -2.44. The standard InChI is InChI=1S/C28H31FN8O2/c1-4-11-36-26(38)20-17-30-27(31-19-6-7-22(21(29)16-19)35-14-12-34(3)13-15-35)33-25(20)37(36)23-8-5-18-9-10-28(2,39)24(18)32-23/h4-8,16-17,39H,1,9-15H2,2-3H3,(H,30,31,33)/t28-/m0/s1. The number of aromatic nitrogens is 5. The molecule has 1 saturated heterocycles. The summed E-state index contributed by atoms with van der Waals surface area (Å²) in [5, 5.41) is 14.2. The van der Waals surface area contributed by atoms with Crippen molar-refractivity contribution < 1.29 is 9.50 Å². The van der Waals surface area contributed by atoms with Crippen molar-refractivity contribution in [3.63, 3.8) is 0 Å². The van der Waals surface area contributed by atoms with Crippen molar-refractivity contribution in [3.8, 4) is 5.82 Å². The first-order valence-corrected chi connectivity index (χ1v) is 13.1. The van der Waals surface area contributed by atoms with E-state index in [9.17, 15) is 9.90 Å². The maximum absolute atomic E-state index is 15.1. The number of nitrogens with zero attached hydrogens (tertiary/aromatic N) is 7. The van der Waals surface area contributed by atoms with Gasteiger partial charge in [-0.05, 0) is 56.6 Å². The Hall–Kier alpha value is -4.09. The summed E-state index contributed by atoms with van der Waals surface area (Å²) in [5.74, 6) is 0.345. The minimum atomic E-state index is -1.04. The Morgan fingerprint density at radius 2 is 1.97 bits per heavy atom. The second-order valence-electron chi connectivity index (χ2n) is 10.5. The van der Waals surface area contributed by atoms with Crippen molar-refractivity contribution in [1.82, 2.24) is 29.2 Å². The average molecular weight is 531 g/mol. The molecule has 6 rings (SSSR count). The summed E-state index contributed by atoms with van der Waals surface area (Å²) in [5.41, 5.74) is 1.67. The van der Waals surface area contributed by atoms with Crippen molar-refractivity contribution in [2.75, 3.05) is 43.4 Å². The number of benzene rings is 1.